The largest absolute Gasteiger partial charge is 0.287 e. The number of halogens is 1. The number of rotatable bonds is 0. The number of carbonyl (C=O) groups is 1. The van der Waals surface area contributed by atoms with E-state index in [1.165, 1.54) is 6.21 Å². The molecule has 11 heavy (non-hydrogen) atoms. The zero-order valence-electron chi connectivity index (χ0n) is 5.54. The van der Waals surface area contributed by atoms with E-state index < -0.39 is 0 Å². The minimum Gasteiger partial charge on any atom is -0.287 e. The Labute approximate surface area is 72.1 Å². The molecule has 0 fully saturated rings. The first-order valence-electron chi connectivity index (χ1n) is 3.16. The summed E-state index contributed by atoms with van der Waals surface area (Å²) in [7, 11) is 0. The molecule has 2 nitrogen and oxygen atoms in total. The van der Waals surface area contributed by atoms with E-state index in [0.29, 0.717) is 5.56 Å². The lowest BCUT2D eigenvalue weighted by Gasteiger charge is -1.96. The molecule has 1 aromatic rings. The number of hydrogen-bond donors (Lipinski definition) is 0. The van der Waals surface area contributed by atoms with Gasteiger partial charge in [0.15, 0.2) is 0 Å². The van der Waals surface area contributed by atoms with Gasteiger partial charge >= 0.3 is 0 Å². The fourth-order valence-electron chi connectivity index (χ4n) is 1.06. The number of nitrogens with zero attached hydrogens (tertiary/aromatic N) is 1. The number of aliphatic imine (C=N–C) groups is 1. The second kappa shape index (κ2) is 2.27. The Morgan fingerprint density at radius 2 is 2.18 bits per heavy atom. The Hall–Kier alpha value is -0.960. The minimum absolute atomic E-state index is 0.0209. The van der Waals surface area contributed by atoms with Crippen LogP contribution in [-0.2, 0) is 0 Å². The van der Waals surface area contributed by atoms with Crippen molar-refractivity contribution in [3.05, 3.63) is 28.2 Å². The summed E-state index contributed by atoms with van der Waals surface area (Å²) in [6, 6.07) is 5.52. The van der Waals surface area contributed by atoms with E-state index in [1.807, 2.05) is 18.2 Å². The van der Waals surface area contributed by atoms with Crippen molar-refractivity contribution < 1.29 is 4.79 Å². The van der Waals surface area contributed by atoms with Crippen LogP contribution >= 0.6 is 15.9 Å². The van der Waals surface area contributed by atoms with E-state index >= 15 is 0 Å². The molecule has 1 heterocycles. The van der Waals surface area contributed by atoms with E-state index in [0.717, 1.165) is 10.2 Å². The molecule has 3 heteroatoms. The van der Waals surface area contributed by atoms with Crippen LogP contribution in [0, 0.1) is 0 Å². The van der Waals surface area contributed by atoms with Gasteiger partial charge in [-0.2, -0.15) is 0 Å². The summed E-state index contributed by atoms with van der Waals surface area (Å²) in [6.07, 6.45) is 1.34. The van der Waals surface area contributed by atoms with Crippen LogP contribution in [0.1, 0.15) is 10.4 Å². The number of ketones is 1. The monoisotopic (exact) mass is 209 g/mol. The van der Waals surface area contributed by atoms with Crippen LogP contribution < -0.4 is 0 Å². The van der Waals surface area contributed by atoms with Crippen LogP contribution in [0.2, 0.25) is 0 Å². The van der Waals surface area contributed by atoms with Crippen LogP contribution in [-0.4, -0.2) is 12.0 Å². The number of Topliss-reactive ketones (excluding diaryl/α,β-unsaturated/α-hetero) is 1. The van der Waals surface area contributed by atoms with Gasteiger partial charge < -0.3 is 0 Å². The van der Waals surface area contributed by atoms with Crippen molar-refractivity contribution in [1.29, 1.82) is 0 Å². The molecular formula is C8H4BrNO. The van der Waals surface area contributed by atoms with Gasteiger partial charge in [0.25, 0.3) is 0 Å². The molecule has 0 spiro atoms. The van der Waals surface area contributed by atoms with E-state index in [2.05, 4.69) is 20.9 Å². The molecule has 0 N–H and O–H groups in total. The highest BCUT2D eigenvalue weighted by atomic mass is 79.9. The standard InChI is InChI=1S/C8H4BrNO/c9-5-2-1-3-6-8(5)7(11)4-10-6/h1-4H. The molecule has 54 valence electrons. The summed E-state index contributed by atoms with van der Waals surface area (Å²) in [5.74, 6) is -0.0209. The summed E-state index contributed by atoms with van der Waals surface area (Å²) >= 11 is 3.29. The van der Waals surface area contributed by atoms with Crippen LogP contribution in [0.3, 0.4) is 0 Å². The number of fused-ring (bicyclic) bond motifs is 1. The van der Waals surface area contributed by atoms with E-state index in [-0.39, 0.29) is 5.78 Å². The van der Waals surface area contributed by atoms with E-state index in [1.54, 1.807) is 0 Å². The van der Waals surface area contributed by atoms with Crippen LogP contribution in [0.15, 0.2) is 27.7 Å². The zero-order chi connectivity index (χ0) is 7.84. The Bertz CT molecular complexity index is 357. The van der Waals surface area contributed by atoms with Crippen LogP contribution in [0.25, 0.3) is 0 Å². The van der Waals surface area contributed by atoms with Gasteiger partial charge in [-0.3, -0.25) is 9.79 Å². The molecule has 0 amide bonds. The molecule has 0 bridgehead atoms. The number of carbonyl (C=O) groups excluding carboxylic acids is 1. The first-order valence-corrected chi connectivity index (χ1v) is 3.95. The third kappa shape index (κ3) is 0.922. The van der Waals surface area contributed by atoms with Gasteiger partial charge in [0.1, 0.15) is 0 Å². The highest BCUT2D eigenvalue weighted by molar-refractivity contribution is 9.10. The zero-order valence-corrected chi connectivity index (χ0v) is 7.13. The molecular weight excluding hydrogens is 206 g/mol. The Balaban J connectivity index is 2.74. The van der Waals surface area contributed by atoms with Gasteiger partial charge in [-0.25, -0.2) is 0 Å². The van der Waals surface area contributed by atoms with Crippen molar-refractivity contribution in [2.45, 2.75) is 0 Å². The summed E-state index contributed by atoms with van der Waals surface area (Å²) in [5.41, 5.74) is 1.43. The summed E-state index contributed by atoms with van der Waals surface area (Å²) in [6.45, 7) is 0. The lowest BCUT2D eigenvalue weighted by Crippen LogP contribution is -1.94. The molecule has 1 aromatic carbocycles. The highest BCUT2D eigenvalue weighted by Crippen LogP contribution is 2.30. The molecule has 0 saturated carbocycles. The molecule has 0 unspecified atom stereocenters. The van der Waals surface area contributed by atoms with Gasteiger partial charge in [0, 0.05) is 4.47 Å². The maximum Gasteiger partial charge on any atom is 0.207 e. The summed E-state index contributed by atoms with van der Waals surface area (Å²) in [5, 5.41) is 0. The van der Waals surface area contributed by atoms with E-state index in [4.69, 9.17) is 0 Å². The Kier molecular flexibility index (Phi) is 1.39. The number of benzene rings is 1. The smallest absolute Gasteiger partial charge is 0.207 e. The maximum absolute atomic E-state index is 11.1. The lowest BCUT2D eigenvalue weighted by atomic mass is 10.1. The molecule has 0 atom stereocenters. The Morgan fingerprint density at radius 1 is 1.36 bits per heavy atom. The second-order valence-corrected chi connectivity index (χ2v) is 3.11. The van der Waals surface area contributed by atoms with Gasteiger partial charge in [0.2, 0.25) is 5.78 Å². The predicted molar refractivity (Wildman–Crippen MR) is 46.6 cm³/mol. The normalized spacial score (nSPS) is 13.7. The Morgan fingerprint density at radius 3 is 2.91 bits per heavy atom. The fourth-order valence-corrected chi connectivity index (χ4v) is 1.61. The van der Waals surface area contributed by atoms with Crippen molar-refractivity contribution in [2.24, 2.45) is 4.99 Å². The molecule has 1 aliphatic rings. The highest BCUT2D eigenvalue weighted by Gasteiger charge is 2.17. The van der Waals surface area contributed by atoms with Gasteiger partial charge in [-0.05, 0) is 28.1 Å². The first-order chi connectivity index (χ1) is 5.29. The molecule has 0 aromatic heterocycles. The van der Waals surface area contributed by atoms with Crippen LogP contribution in [0.5, 0.6) is 0 Å². The van der Waals surface area contributed by atoms with Gasteiger partial charge in [0.05, 0.1) is 17.5 Å². The van der Waals surface area contributed by atoms with Crippen molar-refractivity contribution in [1.82, 2.24) is 0 Å². The second-order valence-electron chi connectivity index (χ2n) is 2.26. The maximum atomic E-state index is 11.1. The molecule has 0 aliphatic carbocycles. The predicted octanol–water partition coefficient (Wildman–Crippen LogP) is 2.35. The third-order valence-electron chi connectivity index (χ3n) is 1.56. The molecule has 0 radical (unpaired) electrons. The van der Waals surface area contributed by atoms with E-state index in [9.17, 15) is 4.79 Å². The molecule has 1 aliphatic heterocycles. The summed E-state index contributed by atoms with van der Waals surface area (Å²) < 4.78 is 0.817. The molecule has 0 saturated heterocycles. The minimum atomic E-state index is -0.0209. The number of hydrogen-bond acceptors (Lipinski definition) is 2. The summed E-state index contributed by atoms with van der Waals surface area (Å²) in [4.78, 5) is 15.0. The van der Waals surface area contributed by atoms with Crippen molar-refractivity contribution in [3.8, 4) is 0 Å². The van der Waals surface area contributed by atoms with Crippen molar-refractivity contribution in [2.75, 3.05) is 0 Å². The molecule has 2 rings (SSSR count). The van der Waals surface area contributed by atoms with Crippen LogP contribution in [0.4, 0.5) is 5.69 Å². The fraction of sp³-hybridized carbons (Fsp3) is 0. The first kappa shape index (κ1) is 6.73. The lowest BCUT2D eigenvalue weighted by molar-refractivity contribution is 0.107. The quantitative estimate of drug-likeness (QED) is 0.646. The average Bonchev–Trinajstić information content (AvgIpc) is 2.34. The van der Waals surface area contributed by atoms with Gasteiger partial charge in [-0.15, -0.1) is 0 Å². The third-order valence-corrected chi connectivity index (χ3v) is 2.22. The van der Waals surface area contributed by atoms with Crippen molar-refractivity contribution in [3.63, 3.8) is 0 Å². The topological polar surface area (TPSA) is 29.4 Å². The van der Waals surface area contributed by atoms with Crippen molar-refractivity contribution >= 4 is 33.6 Å². The van der Waals surface area contributed by atoms with Gasteiger partial charge in [-0.1, -0.05) is 6.07 Å². The SMILES string of the molecule is O=C1C=Nc2cccc(Br)c21. The average molecular weight is 210 g/mol.